The maximum Gasteiger partial charge on any atom is 0.342 e. The minimum absolute atomic E-state index is 0.321. The van der Waals surface area contributed by atoms with E-state index in [9.17, 15) is 19.2 Å². The van der Waals surface area contributed by atoms with E-state index in [1.165, 1.54) is 0 Å². The Labute approximate surface area is 119 Å². The summed E-state index contributed by atoms with van der Waals surface area (Å²) < 4.78 is 25.2. The van der Waals surface area contributed by atoms with Gasteiger partial charge >= 0.3 is 29.7 Å². The molecular formula is C12H14O9. The lowest BCUT2D eigenvalue weighted by molar-refractivity contribution is -0.357. The first-order valence-electron chi connectivity index (χ1n) is 6.13. The normalized spacial score (nSPS) is 33.9. The number of ether oxygens (including phenoxy) is 5. The molecule has 3 rings (SSSR count). The number of hydrogen-bond donors (Lipinski definition) is 0. The standard InChI is InChI=1S/C12H14O9/c1-5(13)18-8-9-11(16)21-12(4-17-9,20-7(3)15)10(8)19-6(2)14/h8-10H,4H2,1-3H3/t8-,9+,10+,12-/m1/s1. The highest BCUT2D eigenvalue weighted by Crippen LogP contribution is 2.39. The summed E-state index contributed by atoms with van der Waals surface area (Å²) in [5.41, 5.74) is 0. The fraction of sp³-hybridized carbons (Fsp3) is 0.667. The summed E-state index contributed by atoms with van der Waals surface area (Å²) >= 11 is 0. The van der Waals surface area contributed by atoms with Crippen LogP contribution in [-0.2, 0) is 42.9 Å². The third kappa shape index (κ3) is 2.82. The smallest absolute Gasteiger partial charge is 0.342 e. The van der Waals surface area contributed by atoms with Gasteiger partial charge in [-0.25, -0.2) is 4.79 Å². The van der Waals surface area contributed by atoms with Crippen molar-refractivity contribution in [3.63, 3.8) is 0 Å². The number of fused-ring (bicyclic) bond motifs is 3. The molecule has 0 spiro atoms. The zero-order valence-electron chi connectivity index (χ0n) is 11.6. The molecule has 2 bridgehead atoms. The Hall–Kier alpha value is -2.16. The van der Waals surface area contributed by atoms with Gasteiger partial charge < -0.3 is 23.7 Å². The Morgan fingerprint density at radius 3 is 2.19 bits per heavy atom. The Morgan fingerprint density at radius 1 is 1.10 bits per heavy atom. The number of carbonyl (C=O) groups excluding carboxylic acids is 4. The molecule has 4 atom stereocenters. The molecule has 21 heavy (non-hydrogen) atoms. The zero-order valence-corrected chi connectivity index (χ0v) is 11.6. The third-order valence-corrected chi connectivity index (χ3v) is 2.91. The molecule has 0 aromatic rings. The summed E-state index contributed by atoms with van der Waals surface area (Å²) in [6.45, 7) is 3.02. The molecule has 3 aliphatic heterocycles. The Kier molecular flexibility index (Phi) is 3.86. The highest BCUT2D eigenvalue weighted by molar-refractivity contribution is 5.80. The van der Waals surface area contributed by atoms with Crippen molar-refractivity contribution in [2.24, 2.45) is 0 Å². The number of rotatable bonds is 3. The van der Waals surface area contributed by atoms with Crippen molar-refractivity contribution in [3.8, 4) is 0 Å². The van der Waals surface area contributed by atoms with E-state index in [0.29, 0.717) is 0 Å². The Balaban J connectivity index is 2.38. The van der Waals surface area contributed by atoms with Crippen molar-refractivity contribution in [2.75, 3.05) is 6.61 Å². The second kappa shape index (κ2) is 5.32. The summed E-state index contributed by atoms with van der Waals surface area (Å²) in [7, 11) is 0. The SMILES string of the molecule is CC(=O)O[C@@H]1[C@@H]2OC[C@@](OC(C)=O)(OC2=O)[C@H]1OC(C)=O. The van der Waals surface area contributed by atoms with Crippen LogP contribution in [0.5, 0.6) is 0 Å². The molecule has 0 aliphatic carbocycles. The molecule has 9 heteroatoms. The van der Waals surface area contributed by atoms with Crippen LogP contribution in [0.1, 0.15) is 20.8 Å². The van der Waals surface area contributed by atoms with Crippen LogP contribution in [0, 0.1) is 0 Å². The van der Waals surface area contributed by atoms with E-state index in [4.69, 9.17) is 23.7 Å². The maximum atomic E-state index is 11.8. The van der Waals surface area contributed by atoms with Gasteiger partial charge in [-0.3, -0.25) is 14.4 Å². The molecule has 0 aromatic carbocycles. The van der Waals surface area contributed by atoms with E-state index in [1.807, 2.05) is 0 Å². The predicted octanol–water partition coefficient (Wildman–Crippen LogP) is -0.935. The van der Waals surface area contributed by atoms with Gasteiger partial charge in [0.2, 0.25) is 6.10 Å². The van der Waals surface area contributed by atoms with Crippen LogP contribution in [0.4, 0.5) is 0 Å². The van der Waals surface area contributed by atoms with Crippen LogP contribution in [0.3, 0.4) is 0 Å². The largest absolute Gasteiger partial charge is 0.455 e. The lowest BCUT2D eigenvalue weighted by Gasteiger charge is -2.50. The quantitative estimate of drug-likeness (QED) is 0.481. The molecule has 0 saturated carbocycles. The summed E-state index contributed by atoms with van der Waals surface area (Å²) in [6, 6.07) is 0. The third-order valence-electron chi connectivity index (χ3n) is 2.91. The lowest BCUT2D eigenvalue weighted by atomic mass is 9.92. The van der Waals surface area contributed by atoms with Gasteiger partial charge in [0.25, 0.3) is 0 Å². The van der Waals surface area contributed by atoms with Crippen LogP contribution in [-0.4, -0.2) is 54.6 Å². The van der Waals surface area contributed by atoms with Crippen LogP contribution in [0.15, 0.2) is 0 Å². The Morgan fingerprint density at radius 2 is 1.71 bits per heavy atom. The maximum absolute atomic E-state index is 11.8. The fourth-order valence-corrected chi connectivity index (χ4v) is 2.31. The molecule has 3 saturated heterocycles. The second-order valence-electron chi connectivity index (χ2n) is 4.66. The molecule has 0 amide bonds. The number of carbonyl (C=O) groups is 4. The summed E-state index contributed by atoms with van der Waals surface area (Å²) in [4.78, 5) is 45.5. The monoisotopic (exact) mass is 302 g/mol. The Bertz CT molecular complexity index is 495. The minimum Gasteiger partial charge on any atom is -0.455 e. The predicted molar refractivity (Wildman–Crippen MR) is 61.4 cm³/mol. The number of hydrogen-bond acceptors (Lipinski definition) is 9. The van der Waals surface area contributed by atoms with Crippen molar-refractivity contribution in [3.05, 3.63) is 0 Å². The molecular weight excluding hydrogens is 288 g/mol. The molecule has 0 aromatic heterocycles. The molecule has 116 valence electrons. The topological polar surface area (TPSA) is 114 Å². The van der Waals surface area contributed by atoms with Crippen LogP contribution in [0.2, 0.25) is 0 Å². The van der Waals surface area contributed by atoms with Gasteiger partial charge in [-0.1, -0.05) is 0 Å². The average molecular weight is 302 g/mol. The van der Waals surface area contributed by atoms with E-state index in [0.717, 1.165) is 20.8 Å². The minimum atomic E-state index is -1.95. The van der Waals surface area contributed by atoms with E-state index >= 15 is 0 Å². The van der Waals surface area contributed by atoms with Crippen LogP contribution >= 0.6 is 0 Å². The first-order valence-corrected chi connectivity index (χ1v) is 6.13. The molecule has 0 unspecified atom stereocenters. The molecule has 0 radical (unpaired) electrons. The first-order chi connectivity index (χ1) is 9.75. The highest BCUT2D eigenvalue weighted by atomic mass is 16.8. The van der Waals surface area contributed by atoms with E-state index < -0.39 is 48.0 Å². The summed E-state index contributed by atoms with van der Waals surface area (Å²) in [5, 5.41) is 0. The van der Waals surface area contributed by atoms with Gasteiger partial charge in [0.05, 0.1) is 0 Å². The lowest BCUT2D eigenvalue weighted by Crippen LogP contribution is -2.73. The summed E-state index contributed by atoms with van der Waals surface area (Å²) in [5.74, 6) is -5.02. The highest BCUT2D eigenvalue weighted by Gasteiger charge is 2.66. The fourth-order valence-electron chi connectivity index (χ4n) is 2.31. The van der Waals surface area contributed by atoms with Gasteiger partial charge in [-0.05, 0) is 0 Å². The average Bonchev–Trinajstić information content (AvgIpc) is 2.31. The van der Waals surface area contributed by atoms with Gasteiger partial charge in [-0.15, -0.1) is 0 Å². The van der Waals surface area contributed by atoms with Crippen molar-refractivity contribution < 1.29 is 42.9 Å². The van der Waals surface area contributed by atoms with Gasteiger partial charge in [-0.2, -0.15) is 0 Å². The molecule has 9 nitrogen and oxygen atoms in total. The van der Waals surface area contributed by atoms with Crippen LogP contribution in [0.25, 0.3) is 0 Å². The van der Waals surface area contributed by atoms with E-state index in [2.05, 4.69) is 0 Å². The zero-order chi connectivity index (χ0) is 15.8. The van der Waals surface area contributed by atoms with Gasteiger partial charge in [0, 0.05) is 20.8 Å². The number of esters is 4. The van der Waals surface area contributed by atoms with Crippen LogP contribution < -0.4 is 0 Å². The van der Waals surface area contributed by atoms with Crippen molar-refractivity contribution in [1.29, 1.82) is 0 Å². The molecule has 0 N–H and O–H groups in total. The van der Waals surface area contributed by atoms with Crippen molar-refractivity contribution in [2.45, 2.75) is 44.9 Å². The van der Waals surface area contributed by atoms with Gasteiger partial charge in [0.1, 0.15) is 6.61 Å². The molecule has 3 heterocycles. The first kappa shape index (κ1) is 15.2. The second-order valence-corrected chi connectivity index (χ2v) is 4.66. The van der Waals surface area contributed by atoms with Gasteiger partial charge in [0.15, 0.2) is 12.2 Å². The summed E-state index contributed by atoms with van der Waals surface area (Å²) in [6.07, 6.45) is -3.78. The molecule has 3 fully saturated rings. The van der Waals surface area contributed by atoms with E-state index in [1.54, 1.807) is 0 Å². The molecule has 3 aliphatic rings. The van der Waals surface area contributed by atoms with Crippen molar-refractivity contribution in [1.82, 2.24) is 0 Å². The van der Waals surface area contributed by atoms with Crippen molar-refractivity contribution >= 4 is 23.9 Å². The van der Waals surface area contributed by atoms with E-state index in [-0.39, 0.29) is 6.61 Å².